The van der Waals surface area contributed by atoms with Crippen LogP contribution >= 0.6 is 0 Å². The van der Waals surface area contributed by atoms with Crippen molar-refractivity contribution < 1.29 is 4.74 Å². The van der Waals surface area contributed by atoms with Crippen LogP contribution in [-0.2, 0) is 4.74 Å². The molecule has 1 aliphatic rings. The van der Waals surface area contributed by atoms with Crippen LogP contribution in [0.1, 0.15) is 43.0 Å². The Morgan fingerprint density at radius 2 is 1.16 bits per heavy atom. The molecule has 44 heavy (non-hydrogen) atoms. The van der Waals surface area contributed by atoms with Crippen molar-refractivity contribution in [1.29, 1.82) is 0 Å². The maximum Gasteiger partial charge on any atom is 0.233 e. The molecule has 0 amide bonds. The Balaban J connectivity index is 1.80. The van der Waals surface area contributed by atoms with E-state index in [2.05, 4.69) is 104 Å². The number of nitrogens with one attached hydrogen (secondary N) is 2. The van der Waals surface area contributed by atoms with Crippen LogP contribution in [0.5, 0.6) is 0 Å². The van der Waals surface area contributed by atoms with Crippen LogP contribution < -0.4 is 10.6 Å². The minimum Gasteiger partial charge on any atom is -0.386 e. The fourth-order valence-electron chi connectivity index (χ4n) is 5.89. The van der Waals surface area contributed by atoms with E-state index in [1.165, 1.54) is 0 Å². The van der Waals surface area contributed by atoms with Gasteiger partial charge >= 0.3 is 0 Å². The van der Waals surface area contributed by atoms with E-state index in [1.54, 1.807) is 0 Å². The highest BCUT2D eigenvalue weighted by Gasteiger charge is 2.47. The van der Waals surface area contributed by atoms with Crippen LogP contribution in [0.2, 0.25) is 0 Å². The van der Waals surface area contributed by atoms with Crippen LogP contribution in [0, 0.1) is 11.8 Å². The van der Waals surface area contributed by atoms with Gasteiger partial charge in [0.2, 0.25) is 5.79 Å². The van der Waals surface area contributed by atoms with Crippen molar-refractivity contribution in [3.05, 3.63) is 156 Å². The van der Waals surface area contributed by atoms with Gasteiger partial charge in [-0.05, 0) is 30.9 Å². The number of benzene rings is 4. The van der Waals surface area contributed by atoms with Crippen molar-refractivity contribution in [2.45, 2.75) is 32.7 Å². The van der Waals surface area contributed by atoms with Crippen LogP contribution in [0.4, 0.5) is 0 Å². The molecule has 0 aliphatic carbocycles. The van der Waals surface area contributed by atoms with E-state index in [1.807, 2.05) is 68.6 Å². The van der Waals surface area contributed by atoms with E-state index >= 15 is 0 Å². The summed E-state index contributed by atoms with van der Waals surface area (Å²) in [7, 11) is 1.95. The van der Waals surface area contributed by atoms with Crippen molar-refractivity contribution in [3.63, 3.8) is 0 Å². The zero-order valence-electron chi connectivity index (χ0n) is 26.1. The number of nitrogens with zero attached hydrogens (tertiary/aromatic N) is 2. The molecule has 5 heteroatoms. The van der Waals surface area contributed by atoms with Gasteiger partial charge in [-0.25, -0.2) is 9.98 Å². The van der Waals surface area contributed by atoms with Gasteiger partial charge < -0.3 is 15.4 Å². The monoisotopic (exact) mass is 582 g/mol. The number of aliphatic imine (C=N–C) groups is 2. The number of rotatable bonds is 13. The predicted molar refractivity (Wildman–Crippen MR) is 185 cm³/mol. The van der Waals surface area contributed by atoms with E-state index < -0.39 is 5.79 Å². The van der Waals surface area contributed by atoms with E-state index in [0.717, 1.165) is 45.1 Å². The van der Waals surface area contributed by atoms with Crippen LogP contribution in [0.25, 0.3) is 11.4 Å². The van der Waals surface area contributed by atoms with Gasteiger partial charge in [0.1, 0.15) is 0 Å². The van der Waals surface area contributed by atoms with E-state index in [0.29, 0.717) is 6.61 Å². The minimum atomic E-state index is -1.12. The lowest BCUT2D eigenvalue weighted by molar-refractivity contribution is 0.0119. The fourth-order valence-corrected chi connectivity index (χ4v) is 5.89. The second-order valence-corrected chi connectivity index (χ2v) is 11.0. The van der Waals surface area contributed by atoms with Crippen LogP contribution in [0.15, 0.2) is 144 Å². The van der Waals surface area contributed by atoms with Crippen molar-refractivity contribution >= 4 is 22.8 Å². The molecule has 4 aromatic carbocycles. The average Bonchev–Trinajstić information content (AvgIpc) is 3.47. The largest absolute Gasteiger partial charge is 0.386 e. The molecule has 0 radical (unpaired) electrons. The summed E-state index contributed by atoms with van der Waals surface area (Å²) in [5.41, 5.74) is 7.62. The Morgan fingerprint density at radius 1 is 0.727 bits per heavy atom. The fraction of sp³-hybridized carbons (Fsp3) is 0.231. The van der Waals surface area contributed by atoms with E-state index in [4.69, 9.17) is 14.7 Å². The number of hydrogen-bond acceptors (Lipinski definition) is 5. The van der Waals surface area contributed by atoms with Crippen molar-refractivity contribution in [2.24, 2.45) is 21.8 Å². The smallest absolute Gasteiger partial charge is 0.233 e. The second-order valence-electron chi connectivity index (χ2n) is 11.0. The summed E-state index contributed by atoms with van der Waals surface area (Å²) in [4.78, 5) is 11.1. The molecular formula is C39H42N4O. The molecule has 0 bridgehead atoms. The van der Waals surface area contributed by atoms with Crippen molar-refractivity contribution in [2.75, 3.05) is 13.7 Å². The van der Waals surface area contributed by atoms with Gasteiger partial charge in [0.25, 0.3) is 0 Å². The highest BCUT2D eigenvalue weighted by molar-refractivity contribution is 6.54. The summed E-state index contributed by atoms with van der Waals surface area (Å²) in [5.74, 6) is -1.31. The maximum atomic E-state index is 6.14. The van der Waals surface area contributed by atoms with Gasteiger partial charge in [-0.15, -0.1) is 6.58 Å². The first-order valence-electron chi connectivity index (χ1n) is 15.4. The van der Waals surface area contributed by atoms with Crippen molar-refractivity contribution in [3.8, 4) is 0 Å². The normalized spacial score (nSPS) is 16.5. The van der Waals surface area contributed by atoms with Crippen molar-refractivity contribution in [1.82, 2.24) is 10.6 Å². The molecule has 1 aliphatic heterocycles. The van der Waals surface area contributed by atoms with E-state index in [9.17, 15) is 0 Å². The van der Waals surface area contributed by atoms with Crippen LogP contribution in [-0.4, -0.2) is 37.0 Å². The van der Waals surface area contributed by atoms with Gasteiger partial charge in [0, 0.05) is 30.7 Å². The molecule has 0 fully saturated rings. The summed E-state index contributed by atoms with van der Waals surface area (Å²) in [5, 5.41) is 7.43. The van der Waals surface area contributed by atoms with Gasteiger partial charge in [-0.1, -0.05) is 134 Å². The zero-order valence-corrected chi connectivity index (χ0v) is 26.1. The summed E-state index contributed by atoms with van der Waals surface area (Å²) < 4.78 is 6.14. The molecule has 4 aromatic rings. The Morgan fingerprint density at radius 3 is 1.57 bits per heavy atom. The highest BCUT2D eigenvalue weighted by atomic mass is 16.5. The lowest BCUT2D eigenvalue weighted by Gasteiger charge is -2.39. The van der Waals surface area contributed by atoms with Gasteiger partial charge in [-0.3, -0.25) is 0 Å². The quantitative estimate of drug-likeness (QED) is 0.125. The lowest BCUT2D eigenvalue weighted by atomic mass is 9.83. The molecule has 0 saturated carbocycles. The molecule has 224 valence electrons. The summed E-state index contributed by atoms with van der Waals surface area (Å²) in [6.45, 7) is 11.3. The average molecular weight is 583 g/mol. The Hall–Kier alpha value is -4.74. The molecule has 3 atom stereocenters. The zero-order chi connectivity index (χ0) is 30.9. The predicted octanol–water partition coefficient (Wildman–Crippen LogP) is 7.83. The standard InChI is InChI=1S/C39H42N4O/c1-6-34(28(3)29(4)44-7-2)39(41-36(31-22-14-9-15-23-31)35(40-5)30-20-12-8-13-21-30)42-37(32-24-16-10-17-25-32)38(43-39)33-26-18-11-19-27-33/h6,8-29,34,40-41H,1,7H2,2-5H3/b36-35-/t28-,29-,34?/m1/s1. The number of hydrogen-bond donors (Lipinski definition) is 2. The molecule has 1 heterocycles. The third-order valence-corrected chi connectivity index (χ3v) is 8.27. The SMILES string of the molecule is C=CC([C@H](C)[C@@H](C)OCC)C1(N/C(=C(\NC)c2ccccc2)c2ccccc2)N=C(c2ccccc2)C(c2ccccc2)=N1. The molecular weight excluding hydrogens is 540 g/mol. The molecule has 0 spiro atoms. The third-order valence-electron chi connectivity index (χ3n) is 8.27. The topological polar surface area (TPSA) is 58.0 Å². The maximum absolute atomic E-state index is 6.14. The highest BCUT2D eigenvalue weighted by Crippen LogP contribution is 2.39. The molecule has 0 aromatic heterocycles. The third kappa shape index (κ3) is 6.43. The first-order valence-corrected chi connectivity index (χ1v) is 15.4. The Kier molecular flexibility index (Phi) is 9.88. The van der Waals surface area contributed by atoms with Crippen LogP contribution in [0.3, 0.4) is 0 Å². The summed E-state index contributed by atoms with van der Waals surface area (Å²) >= 11 is 0. The first-order chi connectivity index (χ1) is 21.5. The molecule has 5 rings (SSSR count). The molecule has 5 nitrogen and oxygen atoms in total. The first kappa shape index (κ1) is 30.7. The van der Waals surface area contributed by atoms with Gasteiger partial charge in [0.15, 0.2) is 0 Å². The minimum absolute atomic E-state index is 0.0337. The summed E-state index contributed by atoms with van der Waals surface area (Å²) in [6, 6.07) is 41.3. The summed E-state index contributed by atoms with van der Waals surface area (Å²) in [6.07, 6.45) is 1.94. The lowest BCUT2D eigenvalue weighted by Crippen LogP contribution is -2.50. The van der Waals surface area contributed by atoms with Gasteiger partial charge in [0.05, 0.1) is 28.9 Å². The van der Waals surface area contributed by atoms with E-state index in [-0.39, 0.29) is 17.9 Å². The second kappa shape index (κ2) is 14.2. The molecule has 2 N–H and O–H groups in total. The Bertz CT molecular complexity index is 1560. The molecule has 1 unspecified atom stereocenters. The molecule has 0 saturated heterocycles. The number of ether oxygens (including phenoxy) is 1. The van der Waals surface area contributed by atoms with Gasteiger partial charge in [-0.2, -0.15) is 0 Å². The Labute approximate surface area is 262 Å².